The molecule has 0 radical (unpaired) electrons. The lowest BCUT2D eigenvalue weighted by Crippen LogP contribution is -2.34. The molecule has 1 fully saturated rings. The van der Waals surface area contributed by atoms with Crippen LogP contribution in [0.4, 0.5) is 0 Å². The van der Waals surface area contributed by atoms with Crippen LogP contribution in [0.5, 0.6) is 0 Å². The van der Waals surface area contributed by atoms with E-state index in [1.807, 2.05) is 10.3 Å². The van der Waals surface area contributed by atoms with Gasteiger partial charge in [-0.15, -0.1) is 11.3 Å². The summed E-state index contributed by atoms with van der Waals surface area (Å²) in [6.45, 7) is 3.41. The van der Waals surface area contributed by atoms with E-state index in [9.17, 15) is 4.79 Å². The van der Waals surface area contributed by atoms with Crippen molar-refractivity contribution in [1.29, 1.82) is 0 Å². The molecule has 0 unspecified atom stereocenters. The minimum atomic E-state index is 0.0805. The van der Waals surface area contributed by atoms with E-state index in [4.69, 9.17) is 5.73 Å². The Bertz CT molecular complexity index is 387. The Balaban J connectivity index is 2.04. The van der Waals surface area contributed by atoms with Crippen LogP contribution in [0.15, 0.2) is 5.38 Å². The summed E-state index contributed by atoms with van der Waals surface area (Å²) in [5, 5.41) is 2.66. The lowest BCUT2D eigenvalue weighted by atomic mass is 10.3. The Kier molecular flexibility index (Phi) is 4.12. The number of rotatable bonds is 6. The van der Waals surface area contributed by atoms with Gasteiger partial charge in [0.25, 0.3) is 5.91 Å². The van der Waals surface area contributed by atoms with Gasteiger partial charge in [0.05, 0.1) is 0 Å². The first-order valence-electron chi connectivity index (χ1n) is 6.21. The predicted octanol–water partition coefficient (Wildman–Crippen LogP) is 2.01. The minimum absolute atomic E-state index is 0.0805. The van der Waals surface area contributed by atoms with E-state index in [1.165, 1.54) is 11.3 Å². The molecule has 0 aliphatic heterocycles. The van der Waals surface area contributed by atoms with E-state index in [-0.39, 0.29) is 5.91 Å². The molecule has 0 aromatic carbocycles. The van der Waals surface area contributed by atoms with E-state index < -0.39 is 0 Å². The van der Waals surface area contributed by atoms with Crippen LogP contribution in [-0.4, -0.2) is 28.4 Å². The van der Waals surface area contributed by atoms with Crippen LogP contribution in [0.25, 0.3) is 0 Å². The number of aromatic nitrogens is 1. The van der Waals surface area contributed by atoms with Crippen molar-refractivity contribution in [3.8, 4) is 0 Å². The maximum absolute atomic E-state index is 12.3. The van der Waals surface area contributed by atoms with Crippen molar-refractivity contribution in [2.75, 3.05) is 6.54 Å². The standard InChI is InChI=1S/C12H19N3OS/c1-2-3-6-15(9-4-5-9)12(16)10-8-17-11(7-13)14-10/h8-9H,2-7,13H2,1H3. The number of hydrogen-bond acceptors (Lipinski definition) is 4. The molecule has 1 aromatic rings. The van der Waals surface area contributed by atoms with Gasteiger partial charge in [-0.1, -0.05) is 13.3 Å². The van der Waals surface area contributed by atoms with Crippen molar-refractivity contribution in [3.63, 3.8) is 0 Å². The summed E-state index contributed by atoms with van der Waals surface area (Å²) in [5.41, 5.74) is 6.08. The number of unbranched alkanes of at least 4 members (excludes halogenated alkanes) is 1. The first-order chi connectivity index (χ1) is 8.26. The Morgan fingerprint density at radius 2 is 2.41 bits per heavy atom. The van der Waals surface area contributed by atoms with Crippen LogP contribution in [0, 0.1) is 0 Å². The number of thiazole rings is 1. The van der Waals surface area contributed by atoms with Gasteiger partial charge >= 0.3 is 0 Å². The lowest BCUT2D eigenvalue weighted by Gasteiger charge is -2.21. The first-order valence-corrected chi connectivity index (χ1v) is 7.09. The molecule has 0 spiro atoms. The van der Waals surface area contributed by atoms with E-state index >= 15 is 0 Å². The molecule has 2 rings (SSSR count). The molecule has 5 heteroatoms. The predicted molar refractivity (Wildman–Crippen MR) is 69.0 cm³/mol. The highest BCUT2D eigenvalue weighted by Gasteiger charge is 2.33. The summed E-state index contributed by atoms with van der Waals surface area (Å²) in [7, 11) is 0. The van der Waals surface area contributed by atoms with Gasteiger partial charge in [-0.05, 0) is 19.3 Å². The van der Waals surface area contributed by atoms with Crippen LogP contribution in [0.1, 0.15) is 48.1 Å². The van der Waals surface area contributed by atoms with Crippen molar-refractivity contribution < 1.29 is 4.79 Å². The molecule has 0 saturated heterocycles. The molecular formula is C12H19N3OS. The molecule has 0 atom stereocenters. The third kappa shape index (κ3) is 3.04. The normalized spacial score (nSPS) is 14.9. The van der Waals surface area contributed by atoms with Gasteiger partial charge in [-0.25, -0.2) is 4.98 Å². The molecule has 1 saturated carbocycles. The average molecular weight is 253 g/mol. The fraction of sp³-hybridized carbons (Fsp3) is 0.667. The summed E-state index contributed by atoms with van der Waals surface area (Å²) in [6, 6.07) is 0.456. The number of hydrogen-bond donors (Lipinski definition) is 1. The maximum atomic E-state index is 12.3. The van der Waals surface area contributed by atoms with Crippen molar-refractivity contribution >= 4 is 17.2 Å². The zero-order chi connectivity index (χ0) is 12.3. The molecule has 17 heavy (non-hydrogen) atoms. The van der Waals surface area contributed by atoms with Crippen LogP contribution >= 0.6 is 11.3 Å². The average Bonchev–Trinajstić information content (AvgIpc) is 3.06. The molecule has 1 aromatic heterocycles. The molecule has 1 aliphatic rings. The van der Waals surface area contributed by atoms with Crippen molar-refractivity contribution in [2.24, 2.45) is 5.73 Å². The number of carbonyl (C=O) groups is 1. The number of nitrogens with two attached hydrogens (primary N) is 1. The lowest BCUT2D eigenvalue weighted by molar-refractivity contribution is 0.0735. The zero-order valence-electron chi connectivity index (χ0n) is 10.2. The van der Waals surface area contributed by atoms with Gasteiger partial charge < -0.3 is 10.6 Å². The Morgan fingerprint density at radius 3 is 2.94 bits per heavy atom. The molecule has 4 nitrogen and oxygen atoms in total. The highest BCUT2D eigenvalue weighted by molar-refractivity contribution is 7.09. The molecule has 1 heterocycles. The largest absolute Gasteiger partial charge is 0.334 e. The van der Waals surface area contributed by atoms with Crippen LogP contribution in [0.2, 0.25) is 0 Å². The van der Waals surface area contributed by atoms with Crippen molar-refractivity contribution in [1.82, 2.24) is 9.88 Å². The first kappa shape index (κ1) is 12.5. The quantitative estimate of drug-likeness (QED) is 0.843. The Labute approximate surface area is 106 Å². The molecular weight excluding hydrogens is 234 g/mol. The molecule has 94 valence electrons. The summed E-state index contributed by atoms with van der Waals surface area (Å²) in [5.74, 6) is 0.0805. The minimum Gasteiger partial charge on any atom is -0.334 e. The number of amides is 1. The summed E-state index contributed by atoms with van der Waals surface area (Å²) >= 11 is 1.47. The fourth-order valence-corrected chi connectivity index (χ4v) is 2.46. The smallest absolute Gasteiger partial charge is 0.273 e. The van der Waals surface area contributed by atoms with Crippen LogP contribution in [-0.2, 0) is 6.54 Å². The van der Waals surface area contributed by atoms with Crippen LogP contribution < -0.4 is 5.73 Å². The summed E-state index contributed by atoms with van der Waals surface area (Å²) < 4.78 is 0. The number of nitrogens with zero attached hydrogens (tertiary/aromatic N) is 2. The fourth-order valence-electron chi connectivity index (χ4n) is 1.81. The maximum Gasteiger partial charge on any atom is 0.273 e. The van der Waals surface area contributed by atoms with E-state index in [1.54, 1.807) is 0 Å². The Hall–Kier alpha value is -0.940. The van der Waals surface area contributed by atoms with Gasteiger partial charge in [0, 0.05) is 24.5 Å². The molecule has 0 bridgehead atoms. The monoisotopic (exact) mass is 253 g/mol. The second-order valence-corrected chi connectivity index (χ2v) is 5.36. The zero-order valence-corrected chi connectivity index (χ0v) is 11.0. The van der Waals surface area contributed by atoms with E-state index in [0.29, 0.717) is 18.3 Å². The van der Waals surface area contributed by atoms with Gasteiger partial charge in [-0.3, -0.25) is 4.79 Å². The van der Waals surface area contributed by atoms with Crippen molar-refractivity contribution in [3.05, 3.63) is 16.1 Å². The molecule has 1 aliphatic carbocycles. The van der Waals surface area contributed by atoms with E-state index in [2.05, 4.69) is 11.9 Å². The highest BCUT2D eigenvalue weighted by Crippen LogP contribution is 2.28. The summed E-state index contributed by atoms with van der Waals surface area (Å²) in [6.07, 6.45) is 4.46. The topological polar surface area (TPSA) is 59.2 Å². The molecule has 2 N–H and O–H groups in total. The third-order valence-electron chi connectivity index (χ3n) is 2.95. The van der Waals surface area contributed by atoms with E-state index in [0.717, 1.165) is 37.2 Å². The van der Waals surface area contributed by atoms with Gasteiger partial charge in [0.1, 0.15) is 10.7 Å². The highest BCUT2D eigenvalue weighted by atomic mass is 32.1. The van der Waals surface area contributed by atoms with Gasteiger partial charge in [0.15, 0.2) is 0 Å². The second kappa shape index (κ2) is 5.60. The van der Waals surface area contributed by atoms with Gasteiger partial charge in [0.2, 0.25) is 0 Å². The number of carbonyl (C=O) groups excluding carboxylic acids is 1. The molecule has 1 amide bonds. The summed E-state index contributed by atoms with van der Waals surface area (Å²) in [4.78, 5) is 18.5. The van der Waals surface area contributed by atoms with Crippen LogP contribution in [0.3, 0.4) is 0 Å². The Morgan fingerprint density at radius 1 is 1.65 bits per heavy atom. The third-order valence-corrected chi connectivity index (χ3v) is 3.82. The van der Waals surface area contributed by atoms with Gasteiger partial charge in [-0.2, -0.15) is 0 Å². The second-order valence-electron chi connectivity index (χ2n) is 4.41. The SMILES string of the molecule is CCCCN(C(=O)c1csc(CN)n1)C1CC1. The van der Waals surface area contributed by atoms with Crippen molar-refractivity contribution in [2.45, 2.75) is 45.2 Å².